The first-order valence-corrected chi connectivity index (χ1v) is 21.3. The van der Waals surface area contributed by atoms with Crippen LogP contribution in [0.5, 0.6) is 0 Å². The zero-order chi connectivity index (χ0) is 36.2. The standard InChI is InChI=1S/C19H12FN4O.C16H19FGeN.Ir/c1-2-24-15-6-4-3-5-14(15)22-17(24)11-9-13-12-7-8-16(20)23-19(12)25-18(13)21-10-11;1-11-7-6-8-13(16(11)17)15-9-12(2)14(10-19-15)18(3,4)5;/h3-9H,2H2,1H3;6-7,9-10H,1-5H3;/q2*-1;/i;1D3,2D3;. The number of aryl methyl sites for hydroxylation is 3. The van der Waals surface area contributed by atoms with Gasteiger partial charge in [0, 0.05) is 32.0 Å². The number of benzene rings is 2. The van der Waals surface area contributed by atoms with Gasteiger partial charge in [0.25, 0.3) is 0 Å². The summed E-state index contributed by atoms with van der Waals surface area (Å²) in [4.78, 5) is 17.0. The molecule has 10 heteroatoms. The van der Waals surface area contributed by atoms with Gasteiger partial charge < -0.3 is 14.0 Å². The maximum atomic E-state index is 14.7. The molecule has 231 valence electrons. The Kier molecular flexibility index (Phi) is 7.29. The van der Waals surface area contributed by atoms with Gasteiger partial charge in [-0.1, -0.05) is 17.7 Å². The van der Waals surface area contributed by atoms with Crippen molar-refractivity contribution in [3.63, 3.8) is 0 Å². The summed E-state index contributed by atoms with van der Waals surface area (Å²) in [6.45, 7) is -2.12. The van der Waals surface area contributed by atoms with E-state index in [2.05, 4.69) is 38.7 Å². The average Bonchev–Trinajstić information content (AvgIpc) is 3.60. The van der Waals surface area contributed by atoms with Gasteiger partial charge in [0.15, 0.2) is 0 Å². The van der Waals surface area contributed by atoms with Crippen molar-refractivity contribution in [2.24, 2.45) is 0 Å². The number of nitrogens with zero attached hydrogens (tertiary/aromatic N) is 5. The molecule has 0 amide bonds. The molecule has 0 aliphatic carbocycles. The second kappa shape index (κ2) is 12.9. The monoisotopic (exact) mass is 848 g/mol. The number of furan rings is 1. The van der Waals surface area contributed by atoms with Crippen LogP contribution in [0, 0.1) is 37.7 Å². The number of halogens is 2. The molecule has 0 unspecified atom stereocenters. The Bertz CT molecular complexity index is 2390. The summed E-state index contributed by atoms with van der Waals surface area (Å²) in [6.07, 6.45) is 4.48. The Hall–Kier alpha value is -3.79. The number of hydrogen-bond donors (Lipinski definition) is 0. The first-order valence-electron chi connectivity index (χ1n) is 16.9. The minimum Gasteiger partial charge on any atom is 0 e. The molecular formula is C35H31F2GeIrN5O-2. The van der Waals surface area contributed by atoms with Gasteiger partial charge in [-0.05, 0) is 42.8 Å². The summed E-state index contributed by atoms with van der Waals surface area (Å²) in [5.41, 5.74) is 3.03. The summed E-state index contributed by atoms with van der Waals surface area (Å²) in [5.74, 6) is 5.41. The molecular weight excluding hydrogens is 809 g/mol. The fraction of sp³-hybridized carbons (Fsp3) is 0.200. The van der Waals surface area contributed by atoms with E-state index in [1.165, 1.54) is 24.4 Å². The molecule has 0 atom stereocenters. The molecule has 5 aromatic heterocycles. The van der Waals surface area contributed by atoms with Gasteiger partial charge in [0.05, 0.1) is 16.9 Å². The number of pyridine rings is 3. The predicted octanol–water partition coefficient (Wildman–Crippen LogP) is 8.20. The van der Waals surface area contributed by atoms with Crippen molar-refractivity contribution in [2.75, 3.05) is 0 Å². The molecule has 5 heterocycles. The van der Waals surface area contributed by atoms with E-state index in [0.29, 0.717) is 5.71 Å². The zero-order valence-electron chi connectivity index (χ0n) is 30.8. The van der Waals surface area contributed by atoms with Crippen LogP contribution in [0.4, 0.5) is 8.78 Å². The molecule has 0 aliphatic rings. The Balaban J connectivity index is 0.000000194. The smallest absolute Gasteiger partial charge is 0 e. The number of aromatic nitrogens is 5. The third-order valence-corrected chi connectivity index (χ3v) is 11.4. The van der Waals surface area contributed by atoms with E-state index < -0.39 is 44.3 Å². The second-order valence-electron chi connectivity index (χ2n) is 11.2. The van der Waals surface area contributed by atoms with Gasteiger partial charge in [-0.15, -0.1) is 6.07 Å². The van der Waals surface area contributed by atoms with Crippen molar-refractivity contribution in [3.8, 4) is 22.6 Å². The maximum absolute atomic E-state index is 14.7. The van der Waals surface area contributed by atoms with E-state index in [9.17, 15) is 8.78 Å². The maximum Gasteiger partial charge on any atom is 0 e. The van der Waals surface area contributed by atoms with Gasteiger partial charge >= 0.3 is 125 Å². The minimum atomic E-state index is -2.61. The molecule has 2 aromatic carbocycles. The van der Waals surface area contributed by atoms with Crippen molar-refractivity contribution in [1.82, 2.24) is 24.5 Å². The molecule has 0 spiro atoms. The molecule has 0 aliphatic heterocycles. The van der Waals surface area contributed by atoms with Crippen LogP contribution in [-0.4, -0.2) is 37.8 Å². The molecule has 0 fully saturated rings. The van der Waals surface area contributed by atoms with Gasteiger partial charge in [-0.25, -0.2) is 0 Å². The van der Waals surface area contributed by atoms with Crippen molar-refractivity contribution >= 4 is 50.9 Å². The fourth-order valence-corrected chi connectivity index (χ4v) is 7.84. The van der Waals surface area contributed by atoms with Crippen molar-refractivity contribution in [3.05, 3.63) is 102 Å². The zero-order valence-corrected chi connectivity index (χ0v) is 29.3. The van der Waals surface area contributed by atoms with E-state index in [-0.39, 0.29) is 42.6 Å². The molecule has 0 saturated heterocycles. The van der Waals surface area contributed by atoms with E-state index in [1.807, 2.05) is 47.6 Å². The third-order valence-electron chi connectivity index (χ3n) is 7.22. The first kappa shape index (κ1) is 25.4. The summed E-state index contributed by atoms with van der Waals surface area (Å²) in [7, 11) is 0. The first-order chi connectivity index (χ1) is 23.5. The van der Waals surface area contributed by atoms with Crippen LogP contribution in [0.1, 0.15) is 26.3 Å². The summed E-state index contributed by atoms with van der Waals surface area (Å²) in [6, 6.07) is 19.3. The van der Waals surface area contributed by atoms with Crippen LogP contribution in [0.2, 0.25) is 17.3 Å². The number of rotatable bonds is 4. The van der Waals surface area contributed by atoms with Crippen LogP contribution in [0.25, 0.3) is 55.9 Å². The number of imidazole rings is 1. The Morgan fingerprint density at radius 3 is 2.51 bits per heavy atom. The van der Waals surface area contributed by atoms with E-state index in [4.69, 9.17) is 17.6 Å². The molecule has 0 saturated carbocycles. The Labute approximate surface area is 285 Å². The van der Waals surface area contributed by atoms with E-state index in [1.54, 1.807) is 6.07 Å². The average molecular weight is 847 g/mol. The SMILES string of the molecule is CCn1c(-c2[c-]nc3oc4nc(F)ccc4c3c2)nc2ccccc21.[2H]C([2H])([2H])c1cc(-c2[c-]ccc(C([2H])([2H])[2H])c2F)nc[c]1[Ge]([CH3])([CH3])[CH3].[Ir]. The summed E-state index contributed by atoms with van der Waals surface area (Å²) >= 11 is -2.52. The van der Waals surface area contributed by atoms with Crippen molar-refractivity contribution < 1.29 is 41.5 Å². The van der Waals surface area contributed by atoms with Gasteiger partial charge in [0.2, 0.25) is 11.7 Å². The topological polar surface area (TPSA) is 69.6 Å². The van der Waals surface area contributed by atoms with Crippen LogP contribution < -0.4 is 4.40 Å². The van der Waals surface area contributed by atoms with Crippen LogP contribution >= 0.6 is 0 Å². The molecule has 0 N–H and O–H groups in total. The summed E-state index contributed by atoms with van der Waals surface area (Å²) < 4.78 is 81.9. The van der Waals surface area contributed by atoms with E-state index >= 15 is 0 Å². The molecule has 7 aromatic rings. The van der Waals surface area contributed by atoms with Crippen LogP contribution in [0.3, 0.4) is 0 Å². The number of fused-ring (bicyclic) bond motifs is 4. The summed E-state index contributed by atoms with van der Waals surface area (Å²) in [5, 5.41) is 1.49. The third kappa shape index (κ3) is 6.34. The van der Waals surface area contributed by atoms with E-state index in [0.717, 1.165) is 50.2 Å². The Morgan fingerprint density at radius 2 is 1.76 bits per heavy atom. The van der Waals surface area contributed by atoms with Gasteiger partial charge in [-0.2, -0.15) is 9.37 Å². The molecule has 7 rings (SSSR count). The quantitative estimate of drug-likeness (QED) is 0.102. The molecule has 0 bridgehead atoms. The molecule has 45 heavy (non-hydrogen) atoms. The largest absolute Gasteiger partial charge is 0 e. The normalized spacial score (nSPS) is 14.0. The second-order valence-corrected chi connectivity index (χ2v) is 21.8. The van der Waals surface area contributed by atoms with Crippen molar-refractivity contribution in [1.29, 1.82) is 0 Å². The predicted molar refractivity (Wildman–Crippen MR) is 173 cm³/mol. The molecule has 6 nitrogen and oxygen atoms in total. The molecule has 1 radical (unpaired) electrons. The van der Waals surface area contributed by atoms with Crippen LogP contribution in [-0.2, 0) is 26.7 Å². The minimum absolute atomic E-state index is 0. The van der Waals surface area contributed by atoms with Crippen LogP contribution in [0.15, 0.2) is 71.3 Å². The Morgan fingerprint density at radius 1 is 0.956 bits per heavy atom. The number of hydrogen-bond acceptors (Lipinski definition) is 5. The fourth-order valence-electron chi connectivity index (χ4n) is 5.04. The van der Waals surface area contributed by atoms with Gasteiger partial charge in [0.1, 0.15) is 5.71 Å². The number of para-hydroxylation sites is 2. The van der Waals surface area contributed by atoms with Crippen molar-refractivity contribution in [2.45, 2.75) is 44.4 Å². The van der Waals surface area contributed by atoms with Gasteiger partial charge in [-0.3, -0.25) is 4.98 Å².